The number of carbonyl (C=O) groups is 1. The second kappa shape index (κ2) is 18.6. The number of nitrogens with zero attached hydrogens (tertiary/aromatic N) is 3. The second-order valence-electron chi connectivity index (χ2n) is 10.7. The predicted molar refractivity (Wildman–Crippen MR) is 147 cm³/mol. The van der Waals surface area contributed by atoms with Gasteiger partial charge in [0.15, 0.2) is 0 Å². The van der Waals surface area contributed by atoms with Crippen molar-refractivity contribution in [3.8, 4) is 0 Å². The Hall–Kier alpha value is -1.66. The first kappa shape index (κ1) is 29.6. The molecule has 1 fully saturated rings. The molecule has 0 atom stereocenters. The number of aliphatic hydroxyl groups excluding tert-OH is 1. The summed E-state index contributed by atoms with van der Waals surface area (Å²) in [6.45, 7) is 10.9. The van der Waals surface area contributed by atoms with Crippen molar-refractivity contribution in [1.82, 2.24) is 15.2 Å². The van der Waals surface area contributed by atoms with E-state index in [9.17, 15) is 4.79 Å². The van der Waals surface area contributed by atoms with Gasteiger partial charge in [0.2, 0.25) is 0 Å². The van der Waals surface area contributed by atoms with E-state index in [-0.39, 0.29) is 5.91 Å². The molecule has 6 nitrogen and oxygen atoms in total. The summed E-state index contributed by atoms with van der Waals surface area (Å²) in [5.41, 5.74) is 0.653. The maximum absolute atomic E-state index is 12.4. The molecule has 1 aliphatic heterocycles. The van der Waals surface area contributed by atoms with E-state index in [4.69, 9.17) is 5.11 Å². The van der Waals surface area contributed by atoms with Gasteiger partial charge in [0, 0.05) is 52.1 Å². The van der Waals surface area contributed by atoms with E-state index in [0.29, 0.717) is 18.1 Å². The van der Waals surface area contributed by atoms with Crippen molar-refractivity contribution < 1.29 is 9.90 Å². The fourth-order valence-electron chi connectivity index (χ4n) is 4.87. The third-order valence-corrected chi connectivity index (χ3v) is 6.95. The molecule has 2 N–H and O–H groups in total. The molecule has 1 amide bonds. The number of unbranched alkanes of at least 4 members (excludes halogenated alkanes) is 12. The molecule has 0 spiro atoms. The molecule has 1 aromatic rings. The van der Waals surface area contributed by atoms with Crippen molar-refractivity contribution in [2.45, 2.75) is 97.3 Å². The third-order valence-electron chi connectivity index (χ3n) is 6.95. The molecule has 0 aromatic carbocycles. The lowest BCUT2D eigenvalue weighted by Crippen LogP contribution is -2.47. The average molecular weight is 489 g/mol. The minimum Gasteiger partial charge on any atom is -0.396 e. The van der Waals surface area contributed by atoms with Crippen LogP contribution in [0.3, 0.4) is 0 Å². The van der Waals surface area contributed by atoms with Crippen LogP contribution in [0.4, 0.5) is 5.82 Å². The SMILES string of the molecule is CC(C)CN1CCN(c2ccc(C(=O)NCCCCCCCCCCCCCCCO)cn2)CC1. The summed E-state index contributed by atoms with van der Waals surface area (Å²) >= 11 is 0. The lowest BCUT2D eigenvalue weighted by molar-refractivity contribution is 0.0952. The van der Waals surface area contributed by atoms with Crippen molar-refractivity contribution in [1.29, 1.82) is 0 Å². The molecule has 0 aliphatic carbocycles. The van der Waals surface area contributed by atoms with Gasteiger partial charge in [-0.15, -0.1) is 0 Å². The van der Waals surface area contributed by atoms with Gasteiger partial charge in [-0.25, -0.2) is 4.98 Å². The Morgan fingerprint density at radius 2 is 1.40 bits per heavy atom. The number of anilines is 1. The van der Waals surface area contributed by atoms with E-state index in [1.165, 1.54) is 70.6 Å². The van der Waals surface area contributed by atoms with Gasteiger partial charge in [0.1, 0.15) is 5.82 Å². The molecule has 1 saturated heterocycles. The molecule has 2 heterocycles. The lowest BCUT2D eigenvalue weighted by atomic mass is 10.0. The first-order chi connectivity index (χ1) is 17.1. The molecule has 0 radical (unpaired) electrons. The number of amides is 1. The number of piperazine rings is 1. The Balaban J connectivity index is 1.45. The number of aliphatic hydroxyl groups is 1. The number of rotatable bonds is 19. The van der Waals surface area contributed by atoms with Crippen molar-refractivity contribution >= 4 is 11.7 Å². The van der Waals surface area contributed by atoms with Gasteiger partial charge >= 0.3 is 0 Å². The molecular formula is C29H52N4O2. The van der Waals surface area contributed by atoms with Gasteiger partial charge in [-0.2, -0.15) is 0 Å². The maximum Gasteiger partial charge on any atom is 0.252 e. The molecule has 6 heteroatoms. The zero-order valence-electron chi connectivity index (χ0n) is 22.6. The number of hydrogen-bond donors (Lipinski definition) is 2. The number of nitrogens with one attached hydrogen (secondary N) is 1. The van der Waals surface area contributed by atoms with E-state index in [1.54, 1.807) is 6.20 Å². The van der Waals surface area contributed by atoms with E-state index in [0.717, 1.165) is 57.9 Å². The van der Waals surface area contributed by atoms with Crippen molar-refractivity contribution in [2.75, 3.05) is 50.8 Å². The molecule has 0 saturated carbocycles. The summed E-state index contributed by atoms with van der Waals surface area (Å²) in [6, 6.07) is 3.90. The topological polar surface area (TPSA) is 68.7 Å². The number of pyridine rings is 1. The highest BCUT2D eigenvalue weighted by atomic mass is 16.2. The summed E-state index contributed by atoms with van der Waals surface area (Å²) in [5, 5.41) is 11.8. The Labute approximate surface area is 214 Å². The van der Waals surface area contributed by atoms with Gasteiger partial charge in [0.05, 0.1) is 5.56 Å². The molecule has 1 aliphatic rings. The quantitative estimate of drug-likeness (QED) is 0.246. The fraction of sp³-hybridized carbons (Fsp3) is 0.793. The molecule has 0 bridgehead atoms. The van der Waals surface area contributed by atoms with Gasteiger partial charge < -0.3 is 15.3 Å². The largest absolute Gasteiger partial charge is 0.396 e. The van der Waals surface area contributed by atoms with E-state index in [2.05, 4.69) is 33.9 Å². The van der Waals surface area contributed by atoms with Crippen LogP contribution >= 0.6 is 0 Å². The van der Waals surface area contributed by atoms with Crippen LogP contribution < -0.4 is 10.2 Å². The summed E-state index contributed by atoms with van der Waals surface area (Å²) in [5.74, 6) is 1.67. The lowest BCUT2D eigenvalue weighted by Gasteiger charge is -2.36. The first-order valence-electron chi connectivity index (χ1n) is 14.4. The fourth-order valence-corrected chi connectivity index (χ4v) is 4.87. The highest BCUT2D eigenvalue weighted by Crippen LogP contribution is 2.15. The minimum atomic E-state index is -0.0119. The summed E-state index contributed by atoms with van der Waals surface area (Å²) < 4.78 is 0. The minimum absolute atomic E-state index is 0.0119. The van der Waals surface area contributed by atoms with Crippen molar-refractivity contribution in [2.24, 2.45) is 5.92 Å². The smallest absolute Gasteiger partial charge is 0.252 e. The maximum atomic E-state index is 12.4. The van der Waals surface area contributed by atoms with Gasteiger partial charge in [-0.3, -0.25) is 9.69 Å². The normalized spacial score (nSPS) is 14.6. The average Bonchev–Trinajstić information content (AvgIpc) is 2.86. The number of aromatic nitrogens is 1. The molecule has 200 valence electrons. The molecule has 2 rings (SSSR count). The summed E-state index contributed by atoms with van der Waals surface area (Å²) in [4.78, 5) is 21.8. The van der Waals surface area contributed by atoms with E-state index < -0.39 is 0 Å². The predicted octanol–water partition coefficient (Wildman–Crippen LogP) is 5.65. The Morgan fingerprint density at radius 3 is 1.89 bits per heavy atom. The number of carbonyl (C=O) groups excluding carboxylic acids is 1. The van der Waals surface area contributed by atoms with Crippen molar-refractivity contribution in [3.05, 3.63) is 23.9 Å². The van der Waals surface area contributed by atoms with Crippen LogP contribution in [0.5, 0.6) is 0 Å². The van der Waals surface area contributed by atoms with Gasteiger partial charge in [-0.05, 0) is 30.9 Å². The van der Waals surface area contributed by atoms with Crippen molar-refractivity contribution in [3.63, 3.8) is 0 Å². The summed E-state index contributed by atoms with van der Waals surface area (Å²) in [7, 11) is 0. The van der Waals surface area contributed by atoms with Crippen LogP contribution in [0.15, 0.2) is 18.3 Å². The van der Waals surface area contributed by atoms with Gasteiger partial charge in [0.25, 0.3) is 5.91 Å². The first-order valence-corrected chi connectivity index (χ1v) is 14.4. The third kappa shape index (κ3) is 13.3. The zero-order chi connectivity index (χ0) is 25.1. The monoisotopic (exact) mass is 488 g/mol. The molecule has 1 aromatic heterocycles. The van der Waals surface area contributed by atoms with Crippen LogP contribution in [0.1, 0.15) is 108 Å². The standard InChI is InChI=1S/C29H52N4O2/c1-26(2)25-32-19-21-33(22-20-32)28-17-16-27(24-31-28)29(35)30-18-14-12-10-8-6-4-3-5-7-9-11-13-15-23-34/h16-17,24,26,34H,3-15,18-23,25H2,1-2H3,(H,30,35). The highest BCUT2D eigenvalue weighted by molar-refractivity contribution is 5.94. The second-order valence-corrected chi connectivity index (χ2v) is 10.7. The molecule has 0 unspecified atom stereocenters. The van der Waals surface area contributed by atoms with Crippen LogP contribution in [0.25, 0.3) is 0 Å². The van der Waals surface area contributed by atoms with Crippen LogP contribution in [-0.2, 0) is 0 Å². The van der Waals surface area contributed by atoms with Crippen LogP contribution in [0, 0.1) is 5.92 Å². The zero-order valence-corrected chi connectivity index (χ0v) is 22.6. The van der Waals surface area contributed by atoms with E-state index in [1.807, 2.05) is 12.1 Å². The Bertz CT molecular complexity index is 657. The van der Waals surface area contributed by atoms with Crippen LogP contribution in [-0.4, -0.2) is 66.8 Å². The van der Waals surface area contributed by atoms with E-state index >= 15 is 0 Å². The molecular weight excluding hydrogens is 436 g/mol. The highest BCUT2D eigenvalue weighted by Gasteiger charge is 2.18. The van der Waals surface area contributed by atoms with Gasteiger partial charge in [-0.1, -0.05) is 84.5 Å². The molecule has 35 heavy (non-hydrogen) atoms. The Kier molecular flexibility index (Phi) is 15.7. The summed E-state index contributed by atoms with van der Waals surface area (Å²) in [6.07, 6.45) is 18.0. The number of hydrogen-bond acceptors (Lipinski definition) is 5. The Morgan fingerprint density at radius 1 is 0.857 bits per heavy atom. The van der Waals surface area contributed by atoms with Crippen LogP contribution in [0.2, 0.25) is 0 Å².